The number of carboxylic acids is 1. The maximum Gasteiger partial charge on any atom is 0.416 e. The Morgan fingerprint density at radius 3 is 2.35 bits per heavy atom. The summed E-state index contributed by atoms with van der Waals surface area (Å²) in [6.45, 7) is 5.29. The minimum absolute atomic E-state index is 0.0910. The summed E-state index contributed by atoms with van der Waals surface area (Å²) in [6.07, 6.45) is -3.78. The summed E-state index contributed by atoms with van der Waals surface area (Å²) >= 11 is 1.43. The fourth-order valence-electron chi connectivity index (χ4n) is 3.42. The average Bonchev–Trinajstić information content (AvgIpc) is 3.20. The Kier molecular flexibility index (Phi) is 7.76. The molecule has 1 N–H and O–H groups in total. The quantitative estimate of drug-likeness (QED) is 0.344. The summed E-state index contributed by atoms with van der Waals surface area (Å²) in [4.78, 5) is 29.1. The van der Waals surface area contributed by atoms with Crippen molar-refractivity contribution in [3.05, 3.63) is 69.7 Å². The average molecular weight is 492 g/mol. The van der Waals surface area contributed by atoms with Gasteiger partial charge in [0.05, 0.1) is 11.3 Å². The number of thiazole rings is 1. The molecule has 0 saturated heterocycles. The number of hydrogen-bond donors (Lipinski definition) is 1. The number of ketones is 1. The van der Waals surface area contributed by atoms with Crippen molar-refractivity contribution in [3.63, 3.8) is 0 Å². The van der Waals surface area contributed by atoms with E-state index >= 15 is 0 Å². The molecule has 1 aromatic heterocycles. The van der Waals surface area contributed by atoms with Crippen LogP contribution in [0.4, 0.5) is 13.2 Å². The van der Waals surface area contributed by atoms with Crippen LogP contribution >= 0.6 is 11.3 Å². The lowest BCUT2D eigenvalue weighted by Gasteiger charge is -2.09. The number of carbonyl (C=O) groups excluding carboxylic acids is 1. The molecule has 180 valence electrons. The molecule has 0 bridgehead atoms. The maximum atomic E-state index is 12.9. The number of aryl methyl sites for hydroxylation is 2. The van der Waals surface area contributed by atoms with Crippen molar-refractivity contribution in [1.82, 2.24) is 4.98 Å². The molecule has 0 saturated carbocycles. The van der Waals surface area contributed by atoms with Crippen LogP contribution in [0.25, 0.3) is 10.6 Å². The SMILES string of the molecule is Cc1cc(C(=O)CCc2nc(-c3ccc(C(F)(F)F)cc3)sc2C(C)C)ccc1OCC(=O)O. The fourth-order valence-corrected chi connectivity index (χ4v) is 4.54. The molecule has 3 aromatic rings. The van der Waals surface area contributed by atoms with Crippen LogP contribution in [0.15, 0.2) is 42.5 Å². The van der Waals surface area contributed by atoms with Crippen molar-refractivity contribution >= 4 is 23.1 Å². The summed E-state index contributed by atoms with van der Waals surface area (Å²) in [7, 11) is 0. The third-order valence-electron chi connectivity index (χ3n) is 5.15. The number of Topliss-reactive ketones (excluding diaryl/α,β-unsaturated/α-hetero) is 1. The highest BCUT2D eigenvalue weighted by molar-refractivity contribution is 7.15. The number of benzene rings is 2. The third kappa shape index (κ3) is 6.22. The number of aromatic nitrogens is 1. The molecule has 0 atom stereocenters. The van der Waals surface area contributed by atoms with Gasteiger partial charge in [0.2, 0.25) is 0 Å². The van der Waals surface area contributed by atoms with Crippen molar-refractivity contribution in [3.8, 4) is 16.3 Å². The van der Waals surface area contributed by atoms with Gasteiger partial charge in [-0.3, -0.25) is 4.79 Å². The fraction of sp³-hybridized carbons (Fsp3) is 0.320. The molecule has 0 radical (unpaired) electrons. The van der Waals surface area contributed by atoms with Gasteiger partial charge in [-0.25, -0.2) is 9.78 Å². The first kappa shape index (κ1) is 25.4. The van der Waals surface area contributed by atoms with Gasteiger partial charge in [-0.15, -0.1) is 11.3 Å². The Morgan fingerprint density at radius 1 is 1.12 bits per heavy atom. The molecular formula is C25H24F3NO4S. The van der Waals surface area contributed by atoms with Gasteiger partial charge in [-0.1, -0.05) is 26.0 Å². The van der Waals surface area contributed by atoms with Crippen LogP contribution in [0.5, 0.6) is 5.75 Å². The highest BCUT2D eigenvalue weighted by atomic mass is 32.1. The number of ether oxygens (including phenoxy) is 1. The topological polar surface area (TPSA) is 76.5 Å². The van der Waals surface area contributed by atoms with E-state index in [4.69, 9.17) is 9.84 Å². The second-order valence-electron chi connectivity index (χ2n) is 8.15. The van der Waals surface area contributed by atoms with E-state index in [1.54, 1.807) is 25.1 Å². The van der Waals surface area contributed by atoms with E-state index in [-0.39, 0.29) is 18.1 Å². The summed E-state index contributed by atoms with van der Waals surface area (Å²) in [5.41, 5.74) is 1.81. The van der Waals surface area contributed by atoms with Crippen LogP contribution < -0.4 is 4.74 Å². The van der Waals surface area contributed by atoms with Crippen molar-refractivity contribution in [1.29, 1.82) is 0 Å². The molecular weight excluding hydrogens is 467 g/mol. The Balaban J connectivity index is 1.74. The van der Waals surface area contributed by atoms with Gasteiger partial charge in [-0.05, 0) is 55.2 Å². The molecule has 2 aromatic carbocycles. The number of aliphatic carboxylic acids is 1. The smallest absolute Gasteiger partial charge is 0.416 e. The number of carboxylic acid groups (broad SMARTS) is 1. The Bertz CT molecular complexity index is 1180. The van der Waals surface area contributed by atoms with Crippen LogP contribution in [-0.4, -0.2) is 28.4 Å². The first-order valence-corrected chi connectivity index (χ1v) is 11.4. The molecule has 9 heteroatoms. The summed E-state index contributed by atoms with van der Waals surface area (Å²) in [5.74, 6) is -0.619. The van der Waals surface area contributed by atoms with E-state index in [1.165, 1.54) is 23.5 Å². The minimum atomic E-state index is -4.39. The van der Waals surface area contributed by atoms with Crippen molar-refractivity contribution in [2.45, 2.75) is 45.7 Å². The molecule has 0 aliphatic rings. The highest BCUT2D eigenvalue weighted by Gasteiger charge is 2.30. The molecule has 0 fully saturated rings. The predicted octanol–water partition coefficient (Wildman–Crippen LogP) is 6.54. The van der Waals surface area contributed by atoms with Gasteiger partial charge in [0.1, 0.15) is 10.8 Å². The summed E-state index contributed by atoms with van der Waals surface area (Å²) in [6, 6.07) is 9.76. The van der Waals surface area contributed by atoms with Gasteiger partial charge in [0, 0.05) is 22.4 Å². The molecule has 0 amide bonds. The number of alkyl halides is 3. The van der Waals surface area contributed by atoms with E-state index in [0.717, 1.165) is 22.7 Å². The summed E-state index contributed by atoms with van der Waals surface area (Å²) < 4.78 is 43.8. The number of hydrogen-bond acceptors (Lipinski definition) is 5. The molecule has 0 aliphatic heterocycles. The van der Waals surface area contributed by atoms with Crippen LogP contribution in [0.1, 0.15) is 58.2 Å². The molecule has 34 heavy (non-hydrogen) atoms. The van der Waals surface area contributed by atoms with E-state index in [9.17, 15) is 22.8 Å². The molecule has 0 spiro atoms. The normalized spacial score (nSPS) is 11.6. The zero-order chi connectivity index (χ0) is 25.0. The lowest BCUT2D eigenvalue weighted by molar-refractivity contribution is -0.139. The van der Waals surface area contributed by atoms with Gasteiger partial charge in [0.15, 0.2) is 12.4 Å². The zero-order valence-corrected chi connectivity index (χ0v) is 19.7. The van der Waals surface area contributed by atoms with Crippen molar-refractivity contribution < 1.29 is 32.6 Å². The molecule has 3 rings (SSSR count). The number of rotatable bonds is 9. The molecule has 1 heterocycles. The lowest BCUT2D eigenvalue weighted by Crippen LogP contribution is -2.10. The monoisotopic (exact) mass is 491 g/mol. The minimum Gasteiger partial charge on any atom is -0.482 e. The van der Waals surface area contributed by atoms with Crippen LogP contribution in [0, 0.1) is 6.92 Å². The van der Waals surface area contributed by atoms with E-state index in [0.29, 0.717) is 33.9 Å². The molecule has 0 aliphatic carbocycles. The van der Waals surface area contributed by atoms with Gasteiger partial charge in [0.25, 0.3) is 0 Å². The maximum absolute atomic E-state index is 12.9. The standard InChI is InChI=1S/C25H24F3NO4S/c1-14(2)23-19(29-24(34-23)16-4-7-18(8-5-16)25(26,27)28)9-10-20(30)17-6-11-21(15(3)12-17)33-13-22(31)32/h4-8,11-12,14H,9-10,13H2,1-3H3,(H,31,32). The highest BCUT2D eigenvalue weighted by Crippen LogP contribution is 2.36. The number of halogens is 3. The number of carbonyl (C=O) groups is 2. The van der Waals surface area contributed by atoms with Gasteiger partial charge >= 0.3 is 12.1 Å². The Hall–Kier alpha value is -3.20. The molecule has 0 unspecified atom stereocenters. The van der Waals surface area contributed by atoms with Crippen molar-refractivity contribution in [2.75, 3.05) is 6.61 Å². The van der Waals surface area contributed by atoms with Crippen molar-refractivity contribution in [2.24, 2.45) is 0 Å². The Labute approximate surface area is 199 Å². The van der Waals surface area contributed by atoms with Crippen LogP contribution in [0.2, 0.25) is 0 Å². The third-order valence-corrected chi connectivity index (χ3v) is 6.60. The summed E-state index contributed by atoms with van der Waals surface area (Å²) in [5, 5.41) is 9.36. The second kappa shape index (κ2) is 10.4. The first-order valence-electron chi connectivity index (χ1n) is 10.6. The van der Waals surface area contributed by atoms with E-state index in [1.807, 2.05) is 13.8 Å². The second-order valence-corrected chi connectivity index (χ2v) is 9.18. The lowest BCUT2D eigenvalue weighted by atomic mass is 10.0. The van der Waals surface area contributed by atoms with E-state index < -0.39 is 24.3 Å². The zero-order valence-electron chi connectivity index (χ0n) is 18.9. The van der Waals surface area contributed by atoms with Crippen LogP contribution in [0.3, 0.4) is 0 Å². The predicted molar refractivity (Wildman–Crippen MR) is 124 cm³/mol. The van der Waals surface area contributed by atoms with E-state index in [2.05, 4.69) is 4.98 Å². The van der Waals surface area contributed by atoms with Gasteiger partial charge in [-0.2, -0.15) is 13.2 Å². The van der Waals surface area contributed by atoms with Crippen LogP contribution in [-0.2, 0) is 17.4 Å². The Morgan fingerprint density at radius 2 is 1.79 bits per heavy atom. The largest absolute Gasteiger partial charge is 0.482 e. The van der Waals surface area contributed by atoms with Gasteiger partial charge < -0.3 is 9.84 Å². The number of nitrogens with zero attached hydrogens (tertiary/aromatic N) is 1. The first-order chi connectivity index (χ1) is 16.0. The molecule has 5 nitrogen and oxygen atoms in total.